The van der Waals surface area contributed by atoms with Gasteiger partial charge in [0, 0.05) is 12.6 Å². The van der Waals surface area contributed by atoms with Gasteiger partial charge in [0.2, 0.25) is 11.8 Å². The lowest BCUT2D eigenvalue weighted by Gasteiger charge is -2.33. The van der Waals surface area contributed by atoms with E-state index in [2.05, 4.69) is 5.32 Å². The lowest BCUT2D eigenvalue weighted by Crippen LogP contribution is -2.53. The van der Waals surface area contributed by atoms with Crippen molar-refractivity contribution >= 4 is 27.5 Å². The molecule has 0 aromatic heterocycles. The first-order valence-corrected chi connectivity index (χ1v) is 14.5. The molecule has 0 aliphatic rings. The van der Waals surface area contributed by atoms with Crippen molar-refractivity contribution in [3.8, 4) is 0 Å². The van der Waals surface area contributed by atoms with Crippen LogP contribution in [0.5, 0.6) is 0 Å². The van der Waals surface area contributed by atoms with Gasteiger partial charge in [-0.1, -0.05) is 74.0 Å². The maximum Gasteiger partial charge on any atom is 0.264 e. The summed E-state index contributed by atoms with van der Waals surface area (Å²) in [6, 6.07) is 19.6. The van der Waals surface area contributed by atoms with Crippen LogP contribution in [0, 0.1) is 12.7 Å². The topological polar surface area (TPSA) is 86.8 Å². The van der Waals surface area contributed by atoms with Crippen molar-refractivity contribution < 1.29 is 22.4 Å². The molecular weight excluding hydrogens is 517 g/mol. The molecule has 1 N–H and O–H groups in total. The molecule has 3 aromatic rings. The van der Waals surface area contributed by atoms with Crippen molar-refractivity contribution in [1.29, 1.82) is 0 Å². The summed E-state index contributed by atoms with van der Waals surface area (Å²) in [5, 5.41) is 2.94. The minimum absolute atomic E-state index is 0.0762. The molecule has 0 fully saturated rings. The zero-order valence-electron chi connectivity index (χ0n) is 22.8. The van der Waals surface area contributed by atoms with E-state index in [9.17, 15) is 22.4 Å². The van der Waals surface area contributed by atoms with Gasteiger partial charge in [-0.15, -0.1) is 0 Å². The lowest BCUT2D eigenvalue weighted by molar-refractivity contribution is -0.140. The van der Waals surface area contributed by atoms with Crippen LogP contribution in [-0.4, -0.2) is 43.8 Å². The second-order valence-electron chi connectivity index (χ2n) is 9.53. The SMILES string of the molecule is CC[C@@H](C)NC(=O)[C@@H](CC)N(Cc1ccc(C)cc1)C(=O)CN(c1ccccc1F)S(=O)(=O)c1ccccc1. The number of hydrogen-bond acceptors (Lipinski definition) is 4. The van der Waals surface area contributed by atoms with Crippen LogP contribution in [0.3, 0.4) is 0 Å². The molecule has 9 heteroatoms. The molecular formula is C30H36FN3O4S. The van der Waals surface area contributed by atoms with E-state index in [0.29, 0.717) is 12.8 Å². The zero-order chi connectivity index (χ0) is 28.6. The number of hydrogen-bond donors (Lipinski definition) is 1. The number of benzene rings is 3. The Hall–Kier alpha value is -3.72. The normalized spacial score (nSPS) is 12.8. The van der Waals surface area contributed by atoms with Crippen LogP contribution in [0.2, 0.25) is 0 Å². The first kappa shape index (κ1) is 29.8. The maximum absolute atomic E-state index is 15.0. The average Bonchev–Trinajstić information content (AvgIpc) is 2.93. The molecule has 3 rings (SSSR count). The number of sulfonamides is 1. The number of carbonyl (C=O) groups is 2. The van der Waals surface area contributed by atoms with Crippen LogP contribution in [0.4, 0.5) is 10.1 Å². The third-order valence-corrected chi connectivity index (χ3v) is 8.37. The number of nitrogens with one attached hydrogen (secondary N) is 1. The van der Waals surface area contributed by atoms with Crippen LogP contribution in [0.1, 0.15) is 44.7 Å². The molecule has 7 nitrogen and oxygen atoms in total. The average molecular weight is 554 g/mol. The predicted molar refractivity (Wildman–Crippen MR) is 151 cm³/mol. The van der Waals surface area contributed by atoms with E-state index in [0.717, 1.165) is 21.5 Å². The van der Waals surface area contributed by atoms with Crippen molar-refractivity contribution in [2.45, 2.75) is 64.1 Å². The molecule has 0 saturated heterocycles. The molecule has 2 amide bonds. The molecule has 0 spiro atoms. The van der Waals surface area contributed by atoms with Gasteiger partial charge in [-0.05, 0) is 56.5 Å². The van der Waals surface area contributed by atoms with Gasteiger partial charge in [-0.2, -0.15) is 0 Å². The van der Waals surface area contributed by atoms with E-state index >= 15 is 0 Å². The fourth-order valence-electron chi connectivity index (χ4n) is 4.14. The Morgan fingerprint density at radius 1 is 0.897 bits per heavy atom. The number of aryl methyl sites for hydroxylation is 1. The second kappa shape index (κ2) is 13.4. The van der Waals surface area contributed by atoms with Gasteiger partial charge in [0.05, 0.1) is 10.6 Å². The van der Waals surface area contributed by atoms with E-state index < -0.39 is 34.3 Å². The van der Waals surface area contributed by atoms with Gasteiger partial charge in [-0.25, -0.2) is 12.8 Å². The Kier molecular flexibility index (Phi) is 10.2. The van der Waals surface area contributed by atoms with Gasteiger partial charge in [0.15, 0.2) is 0 Å². The molecule has 208 valence electrons. The van der Waals surface area contributed by atoms with Crippen LogP contribution in [-0.2, 0) is 26.2 Å². The predicted octanol–water partition coefficient (Wildman–Crippen LogP) is 5.05. The highest BCUT2D eigenvalue weighted by molar-refractivity contribution is 7.92. The van der Waals surface area contributed by atoms with Crippen LogP contribution in [0.15, 0.2) is 83.8 Å². The first-order chi connectivity index (χ1) is 18.6. The van der Waals surface area contributed by atoms with Crippen LogP contribution >= 0.6 is 0 Å². The van der Waals surface area contributed by atoms with Gasteiger partial charge in [0.1, 0.15) is 18.4 Å². The summed E-state index contributed by atoms with van der Waals surface area (Å²) < 4.78 is 43.2. The summed E-state index contributed by atoms with van der Waals surface area (Å²) in [4.78, 5) is 28.5. The van der Waals surface area contributed by atoms with Crippen molar-refractivity contribution in [3.63, 3.8) is 0 Å². The van der Waals surface area contributed by atoms with Gasteiger partial charge >= 0.3 is 0 Å². The number of anilines is 1. The van der Waals surface area contributed by atoms with E-state index in [1.807, 2.05) is 45.0 Å². The van der Waals surface area contributed by atoms with E-state index in [4.69, 9.17) is 0 Å². The maximum atomic E-state index is 15.0. The monoisotopic (exact) mass is 553 g/mol. The van der Waals surface area contributed by atoms with E-state index in [1.54, 1.807) is 25.1 Å². The number of halogens is 1. The molecule has 2 atom stereocenters. The van der Waals surface area contributed by atoms with Crippen molar-refractivity contribution in [3.05, 3.63) is 95.8 Å². The van der Waals surface area contributed by atoms with E-state index in [-0.39, 0.29) is 29.1 Å². The highest BCUT2D eigenvalue weighted by Gasteiger charge is 2.34. The summed E-state index contributed by atoms with van der Waals surface area (Å²) >= 11 is 0. The smallest absolute Gasteiger partial charge is 0.264 e. The Balaban J connectivity index is 2.05. The summed E-state index contributed by atoms with van der Waals surface area (Å²) in [5.41, 5.74) is 1.58. The number of nitrogens with zero attached hydrogens (tertiary/aromatic N) is 2. The third kappa shape index (κ3) is 7.44. The van der Waals surface area contributed by atoms with Crippen molar-refractivity contribution in [2.24, 2.45) is 0 Å². The number of para-hydroxylation sites is 1. The van der Waals surface area contributed by atoms with Crippen molar-refractivity contribution in [1.82, 2.24) is 10.2 Å². The molecule has 39 heavy (non-hydrogen) atoms. The highest BCUT2D eigenvalue weighted by atomic mass is 32.2. The molecule has 0 aliphatic carbocycles. The Labute approximate surface area is 230 Å². The molecule has 3 aromatic carbocycles. The zero-order valence-corrected chi connectivity index (χ0v) is 23.6. The van der Waals surface area contributed by atoms with Gasteiger partial charge in [0.25, 0.3) is 10.0 Å². The summed E-state index contributed by atoms with van der Waals surface area (Å²) in [6.07, 6.45) is 1.02. The summed E-state index contributed by atoms with van der Waals surface area (Å²) in [7, 11) is -4.31. The molecule has 0 saturated carbocycles. The van der Waals surface area contributed by atoms with Crippen LogP contribution < -0.4 is 9.62 Å². The fourth-order valence-corrected chi connectivity index (χ4v) is 5.58. The molecule has 0 unspecified atom stereocenters. The van der Waals surface area contributed by atoms with Gasteiger partial charge < -0.3 is 10.2 Å². The lowest BCUT2D eigenvalue weighted by atomic mass is 10.1. The summed E-state index contributed by atoms with van der Waals surface area (Å²) in [5.74, 6) is -1.73. The molecule has 0 radical (unpaired) electrons. The third-order valence-electron chi connectivity index (χ3n) is 6.59. The standard InChI is InChI=1S/C30H36FN3O4S/c1-5-23(4)32-30(36)27(6-2)33(20-24-18-16-22(3)17-19-24)29(35)21-34(28-15-11-10-14-26(28)31)39(37,38)25-12-8-7-9-13-25/h7-19,23,27H,5-6,20-21H2,1-4H3,(H,32,36)/t23-,27-/m1/s1. The number of carbonyl (C=O) groups excluding carboxylic acids is 2. The minimum Gasteiger partial charge on any atom is -0.352 e. The largest absolute Gasteiger partial charge is 0.352 e. The van der Waals surface area contributed by atoms with E-state index in [1.165, 1.54) is 35.2 Å². The number of amides is 2. The first-order valence-electron chi connectivity index (χ1n) is 13.1. The Morgan fingerprint density at radius 3 is 2.10 bits per heavy atom. The molecule has 0 bridgehead atoms. The number of rotatable bonds is 12. The molecule has 0 heterocycles. The highest BCUT2D eigenvalue weighted by Crippen LogP contribution is 2.27. The van der Waals surface area contributed by atoms with Gasteiger partial charge in [-0.3, -0.25) is 13.9 Å². The van der Waals surface area contributed by atoms with Crippen LogP contribution in [0.25, 0.3) is 0 Å². The quantitative estimate of drug-likeness (QED) is 0.340. The molecule has 0 aliphatic heterocycles. The fraction of sp³-hybridized carbons (Fsp3) is 0.333. The van der Waals surface area contributed by atoms with Crippen molar-refractivity contribution in [2.75, 3.05) is 10.8 Å². The summed E-state index contributed by atoms with van der Waals surface area (Å²) in [6.45, 7) is 6.97. The Morgan fingerprint density at radius 2 is 1.51 bits per heavy atom. The Bertz CT molecular complexity index is 1360. The second-order valence-corrected chi connectivity index (χ2v) is 11.4. The minimum atomic E-state index is -4.31.